The van der Waals surface area contributed by atoms with Gasteiger partial charge in [-0.2, -0.15) is 9.78 Å². The number of likely N-dealkylation sites (N-methyl/N-ethyl adjacent to an activating group) is 1. The Morgan fingerprint density at radius 1 is 1.55 bits per heavy atom. The fourth-order valence-electron chi connectivity index (χ4n) is 2.45. The second-order valence-corrected chi connectivity index (χ2v) is 4.97. The summed E-state index contributed by atoms with van der Waals surface area (Å²) in [7, 11) is 1.79. The number of hydrogen-bond donors (Lipinski definition) is 1. The second-order valence-electron chi connectivity index (χ2n) is 4.97. The molecule has 1 aliphatic carbocycles. The lowest BCUT2D eigenvalue weighted by Crippen LogP contribution is -2.46. The summed E-state index contributed by atoms with van der Waals surface area (Å²) in [6, 6.07) is 1.41. The van der Waals surface area contributed by atoms with Crippen molar-refractivity contribution < 1.29 is 14.3 Å². The minimum atomic E-state index is -0.575. The number of hydrogen-bond acceptors (Lipinski definition) is 4. The molecule has 1 heterocycles. The van der Waals surface area contributed by atoms with Gasteiger partial charge in [0.15, 0.2) is 0 Å². The third-order valence-electron chi connectivity index (χ3n) is 3.78. The molecule has 0 radical (unpaired) electrons. The van der Waals surface area contributed by atoms with E-state index in [0.29, 0.717) is 6.61 Å². The van der Waals surface area contributed by atoms with Crippen LogP contribution >= 0.6 is 0 Å². The molecule has 0 bridgehead atoms. The van der Waals surface area contributed by atoms with Crippen LogP contribution in [0.1, 0.15) is 31.4 Å². The molecule has 110 valence electrons. The highest BCUT2D eigenvalue weighted by Gasteiger charge is 2.37. The molecule has 1 aromatic heterocycles. The Morgan fingerprint density at radius 2 is 2.25 bits per heavy atom. The highest BCUT2D eigenvalue weighted by Crippen LogP contribution is 2.39. The van der Waals surface area contributed by atoms with E-state index < -0.39 is 6.03 Å². The van der Waals surface area contributed by atoms with E-state index in [4.69, 9.17) is 10.5 Å². The average Bonchev–Trinajstić information content (AvgIpc) is 2.83. The Balaban J connectivity index is 1.89. The highest BCUT2D eigenvalue weighted by atomic mass is 16.5. The molecule has 0 aliphatic heterocycles. The molecule has 0 saturated heterocycles. The fourth-order valence-corrected chi connectivity index (χ4v) is 2.45. The van der Waals surface area contributed by atoms with Gasteiger partial charge in [-0.25, -0.2) is 4.79 Å². The van der Waals surface area contributed by atoms with Crippen LogP contribution in [0.5, 0.6) is 0 Å². The van der Waals surface area contributed by atoms with Crippen LogP contribution in [0.3, 0.4) is 0 Å². The molecule has 0 atom stereocenters. The summed E-state index contributed by atoms with van der Waals surface area (Å²) in [6.07, 6.45) is 3.19. The molecular weight excluding hydrogens is 260 g/mol. The summed E-state index contributed by atoms with van der Waals surface area (Å²) in [5.74, 6) is 0.205. The van der Waals surface area contributed by atoms with E-state index in [2.05, 4.69) is 5.10 Å². The van der Waals surface area contributed by atoms with Crippen molar-refractivity contribution in [3.05, 3.63) is 18.0 Å². The van der Waals surface area contributed by atoms with E-state index in [9.17, 15) is 9.59 Å². The SMILES string of the molecule is CCOCC(=O)N(C)C1CC(c2ccnn2C(N)=O)C1. The van der Waals surface area contributed by atoms with Crippen LogP contribution in [-0.4, -0.2) is 52.9 Å². The Bertz CT molecular complexity index is 494. The van der Waals surface area contributed by atoms with Crippen LogP contribution in [0, 0.1) is 0 Å². The van der Waals surface area contributed by atoms with Gasteiger partial charge in [-0.15, -0.1) is 0 Å². The zero-order chi connectivity index (χ0) is 14.7. The predicted molar refractivity (Wildman–Crippen MR) is 72.2 cm³/mol. The number of aromatic nitrogens is 2. The lowest BCUT2D eigenvalue weighted by molar-refractivity contribution is -0.138. The van der Waals surface area contributed by atoms with E-state index in [1.165, 1.54) is 4.68 Å². The van der Waals surface area contributed by atoms with Crippen LogP contribution in [-0.2, 0) is 9.53 Å². The molecule has 1 fully saturated rings. The van der Waals surface area contributed by atoms with Gasteiger partial charge in [0.05, 0.1) is 5.69 Å². The molecule has 1 saturated carbocycles. The molecular formula is C13H20N4O3. The molecule has 7 heteroatoms. The van der Waals surface area contributed by atoms with Crippen LogP contribution in [0.15, 0.2) is 12.3 Å². The van der Waals surface area contributed by atoms with E-state index in [1.807, 2.05) is 6.92 Å². The lowest BCUT2D eigenvalue weighted by Gasteiger charge is -2.41. The van der Waals surface area contributed by atoms with Crippen LogP contribution in [0.2, 0.25) is 0 Å². The van der Waals surface area contributed by atoms with Gasteiger partial charge in [-0.3, -0.25) is 4.79 Å². The molecule has 0 spiro atoms. The summed E-state index contributed by atoms with van der Waals surface area (Å²) in [4.78, 5) is 24.7. The first-order valence-electron chi connectivity index (χ1n) is 6.71. The topological polar surface area (TPSA) is 90.4 Å². The van der Waals surface area contributed by atoms with Crippen molar-refractivity contribution in [3.63, 3.8) is 0 Å². The van der Waals surface area contributed by atoms with E-state index in [1.54, 1.807) is 24.2 Å². The maximum Gasteiger partial charge on any atom is 0.339 e. The largest absolute Gasteiger partial charge is 0.372 e. The summed E-state index contributed by atoms with van der Waals surface area (Å²) in [6.45, 7) is 2.51. The molecule has 0 aromatic carbocycles. The number of nitrogens with two attached hydrogens (primary N) is 1. The minimum absolute atomic E-state index is 0.0151. The number of rotatable bonds is 5. The van der Waals surface area contributed by atoms with Crippen molar-refractivity contribution in [3.8, 4) is 0 Å². The smallest absolute Gasteiger partial charge is 0.339 e. The fraction of sp³-hybridized carbons (Fsp3) is 0.615. The van der Waals surface area contributed by atoms with Gasteiger partial charge < -0.3 is 15.4 Å². The van der Waals surface area contributed by atoms with Gasteiger partial charge in [-0.1, -0.05) is 0 Å². The van der Waals surface area contributed by atoms with Gasteiger partial charge in [0.1, 0.15) is 6.61 Å². The van der Waals surface area contributed by atoms with Crippen molar-refractivity contribution in [2.75, 3.05) is 20.3 Å². The van der Waals surface area contributed by atoms with Gasteiger partial charge in [0, 0.05) is 31.8 Å². The van der Waals surface area contributed by atoms with Crippen molar-refractivity contribution in [2.24, 2.45) is 5.73 Å². The monoisotopic (exact) mass is 280 g/mol. The third-order valence-corrected chi connectivity index (χ3v) is 3.78. The molecule has 2 amide bonds. The normalized spacial score (nSPS) is 21.3. The first-order chi connectivity index (χ1) is 9.54. The molecule has 1 aromatic rings. The number of ether oxygens (including phenoxy) is 1. The van der Waals surface area contributed by atoms with Crippen LogP contribution in [0.4, 0.5) is 4.79 Å². The van der Waals surface area contributed by atoms with Gasteiger partial charge in [0.25, 0.3) is 0 Å². The number of primary amides is 1. The zero-order valence-electron chi connectivity index (χ0n) is 11.8. The second kappa shape index (κ2) is 6.04. The molecule has 1 aliphatic rings. The van der Waals surface area contributed by atoms with E-state index in [0.717, 1.165) is 18.5 Å². The van der Waals surface area contributed by atoms with Crippen molar-refractivity contribution in [1.82, 2.24) is 14.7 Å². The number of nitrogens with zero attached hydrogens (tertiary/aromatic N) is 3. The number of carbonyl (C=O) groups excluding carboxylic acids is 2. The maximum absolute atomic E-state index is 11.8. The molecule has 2 N–H and O–H groups in total. The van der Waals surface area contributed by atoms with Gasteiger partial charge in [0.2, 0.25) is 5.91 Å². The number of carbonyl (C=O) groups is 2. The minimum Gasteiger partial charge on any atom is -0.372 e. The van der Waals surface area contributed by atoms with E-state index >= 15 is 0 Å². The highest BCUT2D eigenvalue weighted by molar-refractivity contribution is 5.77. The van der Waals surface area contributed by atoms with Crippen molar-refractivity contribution >= 4 is 11.9 Å². The summed E-state index contributed by atoms with van der Waals surface area (Å²) in [5.41, 5.74) is 6.07. The Kier molecular flexibility index (Phi) is 4.39. The molecule has 0 unspecified atom stereocenters. The Hall–Kier alpha value is -1.89. The van der Waals surface area contributed by atoms with Crippen LogP contribution in [0.25, 0.3) is 0 Å². The predicted octanol–water partition coefficient (Wildman–Crippen LogP) is 0.551. The Morgan fingerprint density at radius 3 is 2.85 bits per heavy atom. The van der Waals surface area contributed by atoms with Gasteiger partial charge in [-0.05, 0) is 25.8 Å². The first-order valence-corrected chi connectivity index (χ1v) is 6.71. The summed E-state index contributed by atoms with van der Waals surface area (Å²) < 4.78 is 6.34. The maximum atomic E-state index is 11.8. The van der Waals surface area contributed by atoms with Crippen LogP contribution < -0.4 is 5.73 Å². The van der Waals surface area contributed by atoms with Crippen molar-refractivity contribution in [1.29, 1.82) is 0 Å². The molecule has 2 rings (SSSR count). The lowest BCUT2D eigenvalue weighted by atomic mass is 9.77. The Labute approximate surface area is 117 Å². The molecule has 7 nitrogen and oxygen atoms in total. The summed E-state index contributed by atoms with van der Waals surface area (Å²) in [5, 5.41) is 3.91. The van der Waals surface area contributed by atoms with E-state index in [-0.39, 0.29) is 24.5 Å². The summed E-state index contributed by atoms with van der Waals surface area (Å²) >= 11 is 0. The third kappa shape index (κ3) is 2.82. The first kappa shape index (κ1) is 14.5. The quantitative estimate of drug-likeness (QED) is 0.852. The van der Waals surface area contributed by atoms with Crippen molar-refractivity contribution in [2.45, 2.75) is 31.7 Å². The standard InChI is InChI=1S/C13H20N4O3/c1-3-20-8-12(18)16(2)10-6-9(7-10)11-4-5-15-17(11)13(14)19/h4-5,9-10H,3,6-8H2,1-2H3,(H2,14,19). The zero-order valence-corrected chi connectivity index (χ0v) is 11.8. The molecule has 20 heavy (non-hydrogen) atoms. The van der Waals surface area contributed by atoms with Gasteiger partial charge >= 0.3 is 6.03 Å². The number of amides is 2. The average molecular weight is 280 g/mol.